The molecule has 3 heterocycles. The monoisotopic (exact) mass is 1260 g/mol. The number of nitrogens with zero attached hydrogens (tertiary/aromatic N) is 6. The molecular weight excluding hydrogens is 1190 g/mol. The zero-order chi connectivity index (χ0) is 64.7. The average molecular weight is 1260 g/mol. The van der Waals surface area contributed by atoms with Gasteiger partial charge in [0, 0.05) is 57.7 Å². The van der Waals surface area contributed by atoms with E-state index in [0.717, 1.165) is 90.4 Å². The molecule has 3 N–H and O–H groups in total. The third-order valence-corrected chi connectivity index (χ3v) is 14.8. The zero-order valence-corrected chi connectivity index (χ0v) is 51.7. The number of aromatic nitrogens is 6. The number of carboxylic acids is 3. The van der Waals surface area contributed by atoms with Gasteiger partial charge in [0.2, 0.25) is 0 Å². The zero-order valence-electron chi connectivity index (χ0n) is 51.0. The normalized spacial score (nSPS) is 10.7. The number of carbonyl (C=O) groups is 3. The van der Waals surface area contributed by atoms with Crippen LogP contribution in [-0.4, -0.2) is 89.5 Å². The molecule has 0 aliphatic rings. The summed E-state index contributed by atoms with van der Waals surface area (Å²) in [6.45, 7) is 0.995. The summed E-state index contributed by atoms with van der Waals surface area (Å²) in [7, 11) is 1.64. The Bertz CT molecular complexity index is 4310. The predicted molar refractivity (Wildman–Crippen MR) is 362 cm³/mol. The lowest BCUT2D eigenvalue weighted by molar-refractivity contribution is -0.138. The van der Waals surface area contributed by atoms with Crippen LogP contribution in [0.3, 0.4) is 0 Å². The van der Waals surface area contributed by atoms with Gasteiger partial charge in [-0.05, 0) is 135 Å². The molecule has 12 aromatic rings. The molecule has 0 radical (unpaired) electrons. The Morgan fingerprint density at radius 1 is 0.366 bits per heavy atom. The van der Waals surface area contributed by atoms with E-state index in [-0.39, 0.29) is 19.3 Å². The van der Waals surface area contributed by atoms with Crippen molar-refractivity contribution in [1.82, 2.24) is 29.3 Å². The number of methoxy groups -OCH3 is 1. The summed E-state index contributed by atoms with van der Waals surface area (Å²) in [5, 5.41) is 41.8. The van der Waals surface area contributed by atoms with Crippen molar-refractivity contribution < 1.29 is 48.7 Å². The number of para-hydroxylation sites is 4. The van der Waals surface area contributed by atoms with Crippen molar-refractivity contribution in [3.63, 3.8) is 0 Å². The molecule has 0 amide bonds. The summed E-state index contributed by atoms with van der Waals surface area (Å²) in [6, 6.07) is 84.8. The van der Waals surface area contributed by atoms with E-state index in [9.17, 15) is 14.4 Å². The summed E-state index contributed by atoms with van der Waals surface area (Å²) < 4.78 is 28.7. The van der Waals surface area contributed by atoms with Crippen molar-refractivity contribution in [1.29, 1.82) is 0 Å². The number of ether oxygens (including phenoxy) is 4. The van der Waals surface area contributed by atoms with Gasteiger partial charge < -0.3 is 34.3 Å². The van der Waals surface area contributed by atoms with E-state index in [0.29, 0.717) is 61.4 Å². The van der Waals surface area contributed by atoms with Crippen LogP contribution in [0, 0.1) is 0 Å². The van der Waals surface area contributed by atoms with Crippen molar-refractivity contribution in [3.8, 4) is 108 Å². The van der Waals surface area contributed by atoms with Crippen molar-refractivity contribution in [3.05, 3.63) is 266 Å². The SMILES string of the molecule is COc1ccc(-n2nc(-c3ccccc3OCCCC(=O)O)cc2-c2ccccc2)cc1.O=C(O)CCCOc1ccccc1-c1cc(-c2ccccc2)n(-c2ccc(Cl)cc2)n1.O=C(O)CCCOc1ccccc1-c1cc(-c2ccccc2)n(-c2ccccc2)n1. The standard InChI is InChI=1S/C26H24N2O4.C25H21ClN2O3.C25H22N2O3/c1-31-21-15-13-20(14-16-21)28-24(19-8-3-2-4-9-19)18-23(27-28)22-10-5-6-11-25(22)32-17-7-12-26(29)30;26-19-12-14-20(15-13-19)28-23(18-7-2-1-3-8-18)17-22(27-28)21-9-4-5-10-24(21)31-16-6-11-25(29)30;28-25(29)16-9-17-30-24-15-8-7-14-21(24)22-18-23(19-10-3-1-4-11-19)27(26-22)20-12-5-2-6-13-20/h2-6,8-11,13-16,18H,7,12,17H2,1H3,(H,29,30);1-5,7-10,12-15,17H,6,11,16H2,(H,29,30);1-8,10-15,18H,9,16-17H2,(H,28,29). The second kappa shape index (κ2) is 32.3. The van der Waals surface area contributed by atoms with Crippen LogP contribution in [0.2, 0.25) is 5.02 Å². The van der Waals surface area contributed by atoms with Crippen molar-refractivity contribution in [2.75, 3.05) is 26.9 Å². The second-order valence-corrected chi connectivity index (χ2v) is 21.6. The third-order valence-electron chi connectivity index (χ3n) is 14.6. The van der Waals surface area contributed by atoms with Gasteiger partial charge in [-0.25, -0.2) is 14.0 Å². The third kappa shape index (κ3) is 17.5. The van der Waals surface area contributed by atoms with Gasteiger partial charge in [-0.1, -0.05) is 157 Å². The molecule has 3 aromatic heterocycles. The maximum Gasteiger partial charge on any atom is 0.303 e. The first-order valence-corrected chi connectivity index (χ1v) is 30.6. The van der Waals surface area contributed by atoms with Gasteiger partial charge in [-0.2, -0.15) is 15.3 Å². The molecule has 17 heteroatoms. The summed E-state index contributed by atoms with van der Waals surface area (Å²) >= 11 is 6.07. The molecule has 16 nitrogen and oxygen atoms in total. The topological polar surface area (TPSA) is 202 Å². The summed E-state index contributed by atoms with van der Waals surface area (Å²) in [6.07, 6.45) is 1.58. The van der Waals surface area contributed by atoms with E-state index < -0.39 is 17.9 Å². The van der Waals surface area contributed by atoms with Crippen LogP contribution in [0.25, 0.3) is 84.6 Å². The first kappa shape index (κ1) is 64.5. The minimum absolute atomic E-state index is 0.0749. The van der Waals surface area contributed by atoms with Crippen molar-refractivity contribution >= 4 is 29.5 Å². The highest BCUT2D eigenvalue weighted by molar-refractivity contribution is 6.30. The van der Waals surface area contributed by atoms with E-state index in [1.807, 2.05) is 245 Å². The number of benzene rings is 9. The molecule has 0 saturated heterocycles. The summed E-state index contributed by atoms with van der Waals surface area (Å²) in [5.41, 5.74) is 13.7. The molecule has 468 valence electrons. The molecule has 0 bridgehead atoms. The lowest BCUT2D eigenvalue weighted by atomic mass is 10.1. The predicted octanol–water partition coefficient (Wildman–Crippen LogP) is 17.0. The number of rotatable bonds is 25. The maximum atomic E-state index is 10.8. The van der Waals surface area contributed by atoms with Crippen LogP contribution >= 0.6 is 11.6 Å². The van der Waals surface area contributed by atoms with Crippen molar-refractivity contribution in [2.45, 2.75) is 38.5 Å². The molecule has 0 fully saturated rings. The fourth-order valence-corrected chi connectivity index (χ4v) is 10.2. The first-order chi connectivity index (χ1) is 45.5. The quantitative estimate of drug-likeness (QED) is 0.0457. The van der Waals surface area contributed by atoms with Crippen LogP contribution in [0.4, 0.5) is 0 Å². The number of aliphatic carboxylic acids is 3. The minimum atomic E-state index is -0.828. The first-order valence-electron chi connectivity index (χ1n) is 30.2. The highest BCUT2D eigenvalue weighted by Crippen LogP contribution is 2.38. The Labute approximate surface area is 543 Å². The largest absolute Gasteiger partial charge is 0.497 e. The maximum absolute atomic E-state index is 10.8. The minimum Gasteiger partial charge on any atom is -0.497 e. The highest BCUT2D eigenvalue weighted by atomic mass is 35.5. The van der Waals surface area contributed by atoms with E-state index >= 15 is 0 Å². The molecule has 0 unspecified atom stereocenters. The molecule has 12 rings (SSSR count). The average Bonchev–Trinajstić information content (AvgIpc) is 1.69. The van der Waals surface area contributed by atoms with Crippen LogP contribution in [0.5, 0.6) is 23.0 Å². The van der Waals surface area contributed by atoms with Crippen molar-refractivity contribution in [2.24, 2.45) is 0 Å². The van der Waals surface area contributed by atoms with Gasteiger partial charge in [0.05, 0.1) is 78.2 Å². The van der Waals surface area contributed by atoms with E-state index in [4.69, 9.17) is 61.2 Å². The molecule has 93 heavy (non-hydrogen) atoms. The number of halogens is 1. The van der Waals surface area contributed by atoms with Gasteiger partial charge >= 0.3 is 17.9 Å². The molecule has 0 spiro atoms. The van der Waals surface area contributed by atoms with E-state index in [1.54, 1.807) is 7.11 Å². The van der Waals surface area contributed by atoms with Crippen LogP contribution in [-0.2, 0) is 14.4 Å². The van der Waals surface area contributed by atoms with Gasteiger partial charge in [0.1, 0.15) is 23.0 Å². The molecule has 0 saturated carbocycles. The van der Waals surface area contributed by atoms with E-state index in [1.165, 1.54) is 0 Å². The summed E-state index contributed by atoms with van der Waals surface area (Å²) in [5.74, 6) is 0.354. The molecular formula is C76H67ClN6O10. The lowest BCUT2D eigenvalue weighted by Crippen LogP contribution is -2.03. The molecule has 0 aliphatic heterocycles. The highest BCUT2D eigenvalue weighted by Gasteiger charge is 2.20. The summed E-state index contributed by atoms with van der Waals surface area (Å²) in [4.78, 5) is 32.3. The van der Waals surface area contributed by atoms with Crippen LogP contribution < -0.4 is 18.9 Å². The molecule has 0 aliphatic carbocycles. The molecule has 9 aromatic carbocycles. The molecule has 0 atom stereocenters. The smallest absolute Gasteiger partial charge is 0.303 e. The Morgan fingerprint density at radius 3 is 0.957 bits per heavy atom. The number of hydrogen-bond donors (Lipinski definition) is 3. The Balaban J connectivity index is 0.000000153. The lowest BCUT2D eigenvalue weighted by Gasteiger charge is -2.10. The Morgan fingerprint density at radius 2 is 0.645 bits per heavy atom. The van der Waals surface area contributed by atoms with Gasteiger partial charge in [0.15, 0.2) is 0 Å². The Hall–Kier alpha value is -11.5. The van der Waals surface area contributed by atoms with Crippen LogP contribution in [0.15, 0.2) is 261 Å². The van der Waals surface area contributed by atoms with Crippen LogP contribution in [0.1, 0.15) is 38.5 Å². The van der Waals surface area contributed by atoms with Gasteiger partial charge in [-0.15, -0.1) is 0 Å². The Kier molecular flexibility index (Phi) is 22.4. The number of carboxylic acid groups (broad SMARTS) is 3. The van der Waals surface area contributed by atoms with E-state index in [2.05, 4.69) is 30.3 Å². The second-order valence-electron chi connectivity index (χ2n) is 21.1. The van der Waals surface area contributed by atoms with Gasteiger partial charge in [0.25, 0.3) is 0 Å². The number of hydrogen-bond acceptors (Lipinski definition) is 10. The fraction of sp³-hybridized carbons (Fsp3) is 0.132. The van der Waals surface area contributed by atoms with Gasteiger partial charge in [-0.3, -0.25) is 14.4 Å². The fourth-order valence-electron chi connectivity index (χ4n) is 10.1.